The molecule has 4 aliphatic rings. The van der Waals surface area contributed by atoms with E-state index < -0.39 is 12.2 Å². The predicted octanol–water partition coefficient (Wildman–Crippen LogP) is 10.2. The maximum Gasteiger partial charge on any atom is 0.0995 e. The van der Waals surface area contributed by atoms with Gasteiger partial charge >= 0.3 is 0 Å². The highest BCUT2D eigenvalue weighted by Gasteiger charge is 2.36. The minimum absolute atomic E-state index is 0.292. The largest absolute Gasteiger partial charge is 0.387 e. The summed E-state index contributed by atoms with van der Waals surface area (Å²) >= 11 is 0. The van der Waals surface area contributed by atoms with Crippen LogP contribution in [0, 0.1) is 34.5 Å². The summed E-state index contributed by atoms with van der Waals surface area (Å²) in [5, 5.41) is 40.7. The van der Waals surface area contributed by atoms with Gasteiger partial charge in [0.05, 0.1) is 82.9 Å². The van der Waals surface area contributed by atoms with Crippen molar-refractivity contribution in [3.05, 3.63) is 143 Å². The Morgan fingerprint density at radius 2 is 0.839 bits per heavy atom. The molecule has 2 N–H and O–H groups in total. The molecule has 4 saturated carbocycles. The number of pyridine rings is 2. The van der Waals surface area contributed by atoms with Crippen LogP contribution >= 0.6 is 0 Å². The van der Waals surface area contributed by atoms with E-state index in [1.807, 2.05) is 49.3 Å². The van der Waals surface area contributed by atoms with Crippen LogP contribution in [0.1, 0.15) is 158 Å². The Kier molecular flexibility index (Phi) is 10.2. The van der Waals surface area contributed by atoms with E-state index in [0.29, 0.717) is 46.6 Å². The van der Waals surface area contributed by atoms with Gasteiger partial charge in [0.2, 0.25) is 0 Å². The van der Waals surface area contributed by atoms with Gasteiger partial charge in [-0.25, -0.2) is 9.97 Å². The van der Waals surface area contributed by atoms with E-state index in [4.69, 9.17) is 10.5 Å². The maximum absolute atomic E-state index is 11.4. The van der Waals surface area contributed by atoms with Crippen molar-refractivity contribution in [1.82, 2.24) is 18.8 Å². The highest BCUT2D eigenvalue weighted by molar-refractivity contribution is 5.51. The first-order valence-electron chi connectivity index (χ1n) is 20.7. The van der Waals surface area contributed by atoms with Crippen molar-refractivity contribution in [3.63, 3.8) is 0 Å². The number of hydrogen-bond donors (Lipinski definition) is 2. The zero-order valence-corrected chi connectivity index (χ0v) is 31.9. The predicted molar refractivity (Wildman–Crippen MR) is 216 cm³/mol. The normalized spacial score (nSPS) is 23.4. The molecule has 0 radical (unpaired) electrons. The maximum atomic E-state index is 11.4. The molecule has 2 atom stereocenters. The number of nitrogens with zero attached hydrogens (tertiary/aromatic N) is 6. The molecule has 4 heterocycles. The summed E-state index contributed by atoms with van der Waals surface area (Å²) in [6, 6.07) is 29.1. The van der Waals surface area contributed by atoms with E-state index in [1.165, 1.54) is 47.9 Å². The van der Waals surface area contributed by atoms with Gasteiger partial charge in [-0.3, -0.25) is 0 Å². The smallest absolute Gasteiger partial charge is 0.0995 e. The number of imidazole rings is 2. The molecule has 6 aromatic rings. The van der Waals surface area contributed by atoms with Gasteiger partial charge in [-0.2, -0.15) is 10.5 Å². The summed E-state index contributed by atoms with van der Waals surface area (Å²) in [6.45, 7) is 0. The molecular weight excluding hydrogens is 693 g/mol. The van der Waals surface area contributed by atoms with Crippen LogP contribution in [0.15, 0.2) is 97.8 Å². The minimum atomic E-state index is -0.435. The molecule has 0 spiro atoms. The minimum Gasteiger partial charge on any atom is -0.387 e. The fourth-order valence-electron chi connectivity index (χ4n) is 9.81. The fraction of sp³-hybridized carbons (Fsp3) is 0.417. The SMILES string of the molecule is N#Cc1ccc(C2CCC([C@@H](O)c3c(C4CC4)ccc4cncn34)CC2)cc1.N#Cc1ccc(C2CCC([C@H](O)c3c(C4CC4)ccc4cncn34)CC2)cc1. The monoisotopic (exact) mass is 742 g/mol. The third kappa shape index (κ3) is 7.37. The zero-order valence-electron chi connectivity index (χ0n) is 31.9. The Hall–Kier alpha value is -5.28. The average Bonchev–Trinajstić information content (AvgIpc) is 4.19. The first-order chi connectivity index (χ1) is 27.5. The molecular formula is C48H50N6O2. The lowest BCUT2D eigenvalue weighted by Crippen LogP contribution is -2.22. The summed E-state index contributed by atoms with van der Waals surface area (Å²) in [6.07, 6.45) is 20.0. The van der Waals surface area contributed by atoms with Crippen LogP contribution in [0.5, 0.6) is 0 Å². The van der Waals surface area contributed by atoms with Crippen LogP contribution in [-0.2, 0) is 0 Å². The lowest BCUT2D eigenvalue weighted by Gasteiger charge is -2.33. The molecule has 8 nitrogen and oxygen atoms in total. The number of aromatic nitrogens is 4. The van der Waals surface area contributed by atoms with Gasteiger partial charge in [-0.1, -0.05) is 36.4 Å². The van der Waals surface area contributed by atoms with Crippen LogP contribution in [0.3, 0.4) is 0 Å². The van der Waals surface area contributed by atoms with Crippen LogP contribution in [0.25, 0.3) is 11.0 Å². The van der Waals surface area contributed by atoms with Crippen molar-refractivity contribution >= 4 is 11.0 Å². The molecule has 0 unspecified atom stereocenters. The van der Waals surface area contributed by atoms with Crippen LogP contribution in [0.2, 0.25) is 0 Å². The van der Waals surface area contributed by atoms with E-state index in [2.05, 4.69) is 79.4 Å². The molecule has 4 aliphatic carbocycles. The zero-order chi connectivity index (χ0) is 38.2. The molecule has 4 aromatic heterocycles. The molecule has 0 saturated heterocycles. The van der Waals surface area contributed by atoms with E-state index in [9.17, 15) is 10.2 Å². The summed E-state index contributed by atoms with van der Waals surface area (Å²) in [5.41, 5.74) is 11.0. The second kappa shape index (κ2) is 15.7. The topological polar surface area (TPSA) is 123 Å². The van der Waals surface area contributed by atoms with Crippen molar-refractivity contribution in [1.29, 1.82) is 10.5 Å². The van der Waals surface area contributed by atoms with Gasteiger partial charge in [-0.15, -0.1) is 0 Å². The summed E-state index contributed by atoms with van der Waals surface area (Å²) in [4.78, 5) is 8.61. The van der Waals surface area contributed by atoms with Crippen molar-refractivity contribution in [2.45, 2.75) is 113 Å². The molecule has 284 valence electrons. The number of benzene rings is 2. The number of aliphatic hydroxyl groups excluding tert-OH is 2. The van der Waals surface area contributed by atoms with Gasteiger partial charge in [0.25, 0.3) is 0 Å². The van der Waals surface area contributed by atoms with Gasteiger partial charge in [0.1, 0.15) is 0 Å². The Bertz CT molecular complexity index is 2210. The van der Waals surface area contributed by atoms with Gasteiger partial charge < -0.3 is 19.0 Å². The lowest BCUT2D eigenvalue weighted by molar-refractivity contribution is 0.0753. The molecule has 10 rings (SSSR count). The molecule has 56 heavy (non-hydrogen) atoms. The lowest BCUT2D eigenvalue weighted by atomic mass is 9.75. The molecule has 4 fully saturated rings. The van der Waals surface area contributed by atoms with Crippen molar-refractivity contribution in [3.8, 4) is 12.1 Å². The van der Waals surface area contributed by atoms with Gasteiger partial charge in [0, 0.05) is 0 Å². The van der Waals surface area contributed by atoms with Crippen LogP contribution < -0.4 is 0 Å². The van der Waals surface area contributed by atoms with E-state index in [0.717, 1.165) is 73.8 Å². The number of hydrogen-bond acceptors (Lipinski definition) is 6. The first kappa shape index (κ1) is 36.4. The van der Waals surface area contributed by atoms with Crippen LogP contribution in [0.4, 0.5) is 0 Å². The summed E-state index contributed by atoms with van der Waals surface area (Å²) in [5.74, 6) is 2.85. The quantitative estimate of drug-likeness (QED) is 0.160. The van der Waals surface area contributed by atoms with E-state index in [1.54, 1.807) is 0 Å². The van der Waals surface area contributed by atoms with Crippen LogP contribution in [-0.4, -0.2) is 29.0 Å². The number of fused-ring (bicyclic) bond motifs is 2. The van der Waals surface area contributed by atoms with Gasteiger partial charge in [0.15, 0.2) is 0 Å². The molecule has 0 amide bonds. The highest BCUT2D eigenvalue weighted by Crippen LogP contribution is 2.48. The average molecular weight is 743 g/mol. The first-order valence-corrected chi connectivity index (χ1v) is 20.7. The van der Waals surface area contributed by atoms with Crippen molar-refractivity contribution in [2.24, 2.45) is 11.8 Å². The Morgan fingerprint density at radius 3 is 1.18 bits per heavy atom. The number of rotatable bonds is 8. The van der Waals surface area contributed by atoms with Crippen molar-refractivity contribution in [2.75, 3.05) is 0 Å². The second-order valence-corrected chi connectivity index (χ2v) is 16.9. The second-order valence-electron chi connectivity index (χ2n) is 16.9. The summed E-state index contributed by atoms with van der Waals surface area (Å²) in [7, 11) is 0. The molecule has 0 bridgehead atoms. The summed E-state index contributed by atoms with van der Waals surface area (Å²) < 4.78 is 4.20. The van der Waals surface area contributed by atoms with E-state index >= 15 is 0 Å². The third-order valence-corrected chi connectivity index (χ3v) is 13.4. The third-order valence-electron chi connectivity index (χ3n) is 13.4. The fourth-order valence-corrected chi connectivity index (χ4v) is 9.81. The molecule has 8 heteroatoms. The Labute approximate surface area is 329 Å². The van der Waals surface area contributed by atoms with E-state index in [-0.39, 0.29) is 0 Å². The molecule has 2 aromatic carbocycles. The number of nitriles is 2. The molecule has 0 aliphatic heterocycles. The Morgan fingerprint density at radius 1 is 0.482 bits per heavy atom. The number of aliphatic hydroxyl groups is 2. The Balaban J connectivity index is 0.000000146. The highest BCUT2D eigenvalue weighted by atomic mass is 16.3. The standard InChI is InChI=1S/2C24H25N3O/c2*25-13-16-1-3-17(4-2-16)18-5-9-20(10-6-18)24(28)23-22(19-7-8-19)12-11-21-14-26-15-27(21)23/h2*1-4,11-12,14-15,18-20,24,28H,5-10H2/t2*18?,20?,24-/m10/s1. The van der Waals surface area contributed by atoms with Crippen molar-refractivity contribution < 1.29 is 10.2 Å². The van der Waals surface area contributed by atoms with Gasteiger partial charge in [-0.05, 0) is 171 Å².